The highest BCUT2D eigenvalue weighted by atomic mass is 16.6. The lowest BCUT2D eigenvalue weighted by Crippen LogP contribution is -2.39. The minimum Gasteiger partial charge on any atom is -0.455 e. The van der Waals surface area contributed by atoms with Crippen molar-refractivity contribution in [1.29, 1.82) is 0 Å². The summed E-state index contributed by atoms with van der Waals surface area (Å²) in [7, 11) is 0. The third-order valence-electron chi connectivity index (χ3n) is 4.68. The number of carbonyl (C=O) groups excluding carboxylic acids is 2. The summed E-state index contributed by atoms with van der Waals surface area (Å²) in [6.07, 6.45) is 11.3. The molecule has 0 radical (unpaired) electrons. The van der Waals surface area contributed by atoms with Crippen LogP contribution in [0.3, 0.4) is 0 Å². The van der Waals surface area contributed by atoms with Crippen molar-refractivity contribution in [2.75, 3.05) is 6.61 Å². The smallest absolute Gasteiger partial charge is 0.303 e. The topological polar surface area (TPSA) is 83.8 Å². The third-order valence-corrected chi connectivity index (χ3v) is 4.68. The summed E-state index contributed by atoms with van der Waals surface area (Å²) in [6.45, 7) is 8.52. The zero-order valence-corrected chi connectivity index (χ0v) is 17.0. The Hall–Kier alpha value is -1.98. The number of hydrogen-bond acceptors (Lipinski definition) is 5. The van der Waals surface area contributed by atoms with Crippen molar-refractivity contribution in [3.63, 3.8) is 0 Å². The second kappa shape index (κ2) is 9.81. The molecule has 5 heteroatoms. The van der Waals surface area contributed by atoms with Crippen molar-refractivity contribution in [3.8, 4) is 0 Å². The van der Waals surface area contributed by atoms with Crippen LogP contribution in [0.5, 0.6) is 0 Å². The maximum absolute atomic E-state index is 12.3. The Labute approximate surface area is 162 Å². The SMILES string of the molecule is CC(=O)O[C@@H]1C=C[C@@](C)(CCC=C(C)C)C/C=C(/CO)C(=O)/C=C/[C@@]1(C)O. The number of rotatable bonds is 5. The average Bonchev–Trinajstić information content (AvgIpc) is 2.57. The number of aliphatic hydroxyl groups is 2. The molecule has 0 saturated carbocycles. The lowest BCUT2D eigenvalue weighted by atomic mass is 9.80. The van der Waals surface area contributed by atoms with Crippen LogP contribution in [0.1, 0.15) is 53.9 Å². The first-order valence-electron chi connectivity index (χ1n) is 9.25. The molecule has 0 heterocycles. The van der Waals surface area contributed by atoms with Crippen molar-refractivity contribution < 1.29 is 24.5 Å². The van der Waals surface area contributed by atoms with Crippen molar-refractivity contribution in [2.24, 2.45) is 5.41 Å². The van der Waals surface area contributed by atoms with E-state index in [0.29, 0.717) is 6.42 Å². The van der Waals surface area contributed by atoms with Crippen LogP contribution >= 0.6 is 0 Å². The predicted octanol–water partition coefficient (Wildman–Crippen LogP) is 3.43. The Balaban J connectivity index is 3.33. The number of ketones is 1. The molecule has 0 bridgehead atoms. The molecule has 1 aliphatic rings. The van der Waals surface area contributed by atoms with Crippen LogP contribution in [0.2, 0.25) is 0 Å². The van der Waals surface area contributed by atoms with Gasteiger partial charge in [0.1, 0.15) is 5.60 Å². The average molecular weight is 376 g/mol. The largest absolute Gasteiger partial charge is 0.455 e. The maximum Gasteiger partial charge on any atom is 0.303 e. The normalized spacial score (nSPS) is 32.0. The summed E-state index contributed by atoms with van der Waals surface area (Å²) in [5.41, 5.74) is -0.365. The van der Waals surface area contributed by atoms with E-state index in [1.54, 1.807) is 12.2 Å². The zero-order chi connectivity index (χ0) is 20.7. The third kappa shape index (κ3) is 7.65. The Morgan fingerprint density at radius 3 is 2.52 bits per heavy atom. The van der Waals surface area contributed by atoms with Gasteiger partial charge in [0.2, 0.25) is 0 Å². The van der Waals surface area contributed by atoms with Crippen molar-refractivity contribution in [1.82, 2.24) is 0 Å². The van der Waals surface area contributed by atoms with Gasteiger partial charge in [-0.25, -0.2) is 0 Å². The Bertz CT molecular complexity index is 662. The van der Waals surface area contributed by atoms with E-state index in [2.05, 4.69) is 6.08 Å². The van der Waals surface area contributed by atoms with Gasteiger partial charge in [-0.05, 0) is 63.7 Å². The van der Waals surface area contributed by atoms with E-state index in [0.717, 1.165) is 12.8 Å². The van der Waals surface area contributed by atoms with Gasteiger partial charge in [-0.15, -0.1) is 0 Å². The number of hydrogen-bond donors (Lipinski definition) is 2. The van der Waals surface area contributed by atoms with E-state index in [1.807, 2.05) is 26.8 Å². The fraction of sp³-hybridized carbons (Fsp3) is 0.545. The molecule has 0 aromatic carbocycles. The lowest BCUT2D eigenvalue weighted by Gasteiger charge is -2.29. The van der Waals surface area contributed by atoms with Crippen LogP contribution in [0, 0.1) is 5.41 Å². The van der Waals surface area contributed by atoms with Gasteiger partial charge in [-0.3, -0.25) is 9.59 Å². The first kappa shape index (κ1) is 23.1. The minimum absolute atomic E-state index is 0.287. The van der Waals surface area contributed by atoms with Crippen molar-refractivity contribution in [3.05, 3.63) is 47.6 Å². The van der Waals surface area contributed by atoms with E-state index in [1.165, 1.54) is 31.6 Å². The number of esters is 1. The molecule has 1 aliphatic carbocycles. The Morgan fingerprint density at radius 1 is 1.30 bits per heavy atom. The molecule has 0 aromatic heterocycles. The number of allylic oxidation sites excluding steroid dienone is 5. The highest BCUT2D eigenvalue weighted by molar-refractivity contribution is 6.04. The molecule has 0 saturated heterocycles. The van der Waals surface area contributed by atoms with Gasteiger partial charge in [0.25, 0.3) is 0 Å². The monoisotopic (exact) mass is 376 g/mol. The molecule has 3 atom stereocenters. The molecular weight excluding hydrogens is 344 g/mol. The van der Waals surface area contributed by atoms with Crippen molar-refractivity contribution in [2.45, 2.75) is 65.6 Å². The molecule has 1 rings (SSSR count). The van der Waals surface area contributed by atoms with Crippen LogP contribution in [0.25, 0.3) is 0 Å². The summed E-state index contributed by atoms with van der Waals surface area (Å²) in [5, 5.41) is 20.3. The van der Waals surface area contributed by atoms with Crippen molar-refractivity contribution >= 4 is 11.8 Å². The molecular formula is C22H32O5. The highest BCUT2D eigenvalue weighted by Gasteiger charge is 2.32. The maximum atomic E-state index is 12.3. The predicted molar refractivity (Wildman–Crippen MR) is 106 cm³/mol. The summed E-state index contributed by atoms with van der Waals surface area (Å²) >= 11 is 0. The second-order valence-corrected chi connectivity index (χ2v) is 7.88. The van der Waals surface area contributed by atoms with Crippen LogP contribution in [-0.4, -0.2) is 40.3 Å². The van der Waals surface area contributed by atoms with E-state index < -0.39 is 17.7 Å². The number of carbonyl (C=O) groups is 2. The molecule has 0 unspecified atom stereocenters. The quantitative estimate of drug-likeness (QED) is 0.567. The van der Waals surface area contributed by atoms with E-state index in [-0.39, 0.29) is 23.4 Å². The number of ether oxygens (including phenoxy) is 1. The number of aliphatic hydroxyl groups excluding tert-OH is 1. The molecule has 0 fully saturated rings. The Morgan fingerprint density at radius 2 is 1.96 bits per heavy atom. The second-order valence-electron chi connectivity index (χ2n) is 7.88. The fourth-order valence-corrected chi connectivity index (χ4v) is 2.84. The fourth-order valence-electron chi connectivity index (χ4n) is 2.84. The minimum atomic E-state index is -1.55. The summed E-state index contributed by atoms with van der Waals surface area (Å²) in [4.78, 5) is 23.8. The van der Waals surface area contributed by atoms with Gasteiger partial charge in [0.15, 0.2) is 11.9 Å². The van der Waals surface area contributed by atoms with E-state index in [4.69, 9.17) is 4.74 Å². The van der Waals surface area contributed by atoms with Crippen LogP contribution in [0.15, 0.2) is 47.6 Å². The molecule has 0 aromatic rings. The van der Waals surface area contributed by atoms with Gasteiger partial charge < -0.3 is 14.9 Å². The standard InChI is InChI=1S/C22H32O5/c1-16(2)7-6-11-21(4)12-8-18(15-23)19(25)9-14-22(5,26)20(10-13-21)27-17(3)24/h7-10,13-14,20,23,26H,6,11-12,15H2,1-5H3/b13-10?,14-9+,18-8-/t20-,21+,22-/m1/s1. The summed E-state index contributed by atoms with van der Waals surface area (Å²) in [6, 6.07) is 0. The van der Waals surface area contributed by atoms with Crippen LogP contribution in [0.4, 0.5) is 0 Å². The Kier molecular flexibility index (Phi) is 8.38. The van der Waals surface area contributed by atoms with Gasteiger partial charge in [-0.1, -0.05) is 30.7 Å². The molecule has 0 aliphatic heterocycles. The first-order chi connectivity index (χ1) is 12.5. The van der Waals surface area contributed by atoms with Gasteiger partial charge >= 0.3 is 5.97 Å². The lowest BCUT2D eigenvalue weighted by molar-refractivity contribution is -0.152. The van der Waals surface area contributed by atoms with E-state index >= 15 is 0 Å². The highest BCUT2D eigenvalue weighted by Crippen LogP contribution is 2.33. The molecule has 2 N–H and O–H groups in total. The molecule has 5 nitrogen and oxygen atoms in total. The van der Waals surface area contributed by atoms with Gasteiger partial charge in [-0.2, -0.15) is 0 Å². The molecule has 150 valence electrons. The van der Waals surface area contributed by atoms with Crippen LogP contribution < -0.4 is 0 Å². The first-order valence-corrected chi connectivity index (χ1v) is 9.25. The van der Waals surface area contributed by atoms with Gasteiger partial charge in [0, 0.05) is 12.5 Å². The molecule has 27 heavy (non-hydrogen) atoms. The van der Waals surface area contributed by atoms with Crippen LogP contribution in [-0.2, 0) is 14.3 Å². The summed E-state index contributed by atoms with van der Waals surface area (Å²) in [5.74, 6) is -0.882. The zero-order valence-electron chi connectivity index (χ0n) is 17.0. The molecule has 0 amide bonds. The molecule has 0 spiro atoms. The van der Waals surface area contributed by atoms with Gasteiger partial charge in [0.05, 0.1) is 6.61 Å². The summed E-state index contributed by atoms with van der Waals surface area (Å²) < 4.78 is 5.29. The van der Waals surface area contributed by atoms with E-state index in [9.17, 15) is 19.8 Å².